The average Bonchev–Trinajstić information content (AvgIpc) is 3.29. The first kappa shape index (κ1) is 17.2. The molecular weight excluding hydrogens is 352 g/mol. The SMILES string of the molecule is O=C(c1cc2n(n1)CCCN(Cc1ccccc1)C2)N1CC(n2cccn2)C1. The molecule has 144 valence electrons. The van der Waals surface area contributed by atoms with Crippen LogP contribution in [-0.4, -0.2) is 54.9 Å². The highest BCUT2D eigenvalue weighted by atomic mass is 16.2. The predicted molar refractivity (Wildman–Crippen MR) is 105 cm³/mol. The van der Waals surface area contributed by atoms with Gasteiger partial charge >= 0.3 is 0 Å². The van der Waals surface area contributed by atoms with Crippen molar-refractivity contribution in [3.8, 4) is 0 Å². The van der Waals surface area contributed by atoms with Crippen molar-refractivity contribution in [3.05, 3.63) is 71.8 Å². The second kappa shape index (κ2) is 7.24. The van der Waals surface area contributed by atoms with Crippen molar-refractivity contribution in [1.29, 1.82) is 0 Å². The van der Waals surface area contributed by atoms with E-state index in [-0.39, 0.29) is 11.9 Å². The van der Waals surface area contributed by atoms with Crippen LogP contribution in [0, 0.1) is 0 Å². The number of aromatic nitrogens is 4. The molecule has 2 aliphatic rings. The summed E-state index contributed by atoms with van der Waals surface area (Å²) in [5, 5.41) is 8.88. The maximum absolute atomic E-state index is 12.8. The normalized spacial score (nSPS) is 17.8. The molecule has 7 heteroatoms. The summed E-state index contributed by atoms with van der Waals surface area (Å²) in [7, 11) is 0. The molecular formula is C21H24N6O. The van der Waals surface area contributed by atoms with Crippen molar-refractivity contribution in [3.63, 3.8) is 0 Å². The lowest BCUT2D eigenvalue weighted by molar-refractivity contribution is 0.0494. The Morgan fingerprint density at radius 3 is 2.75 bits per heavy atom. The van der Waals surface area contributed by atoms with Crippen molar-refractivity contribution in [2.45, 2.75) is 32.1 Å². The number of rotatable bonds is 4. The van der Waals surface area contributed by atoms with Crippen molar-refractivity contribution in [2.24, 2.45) is 0 Å². The zero-order valence-electron chi connectivity index (χ0n) is 15.8. The molecule has 28 heavy (non-hydrogen) atoms. The van der Waals surface area contributed by atoms with E-state index >= 15 is 0 Å². The van der Waals surface area contributed by atoms with Crippen LogP contribution in [-0.2, 0) is 19.6 Å². The van der Waals surface area contributed by atoms with Gasteiger partial charge in [-0.3, -0.25) is 19.1 Å². The minimum atomic E-state index is 0.0265. The number of hydrogen-bond donors (Lipinski definition) is 0. The van der Waals surface area contributed by atoms with Gasteiger partial charge in [0, 0.05) is 51.7 Å². The van der Waals surface area contributed by atoms with E-state index in [1.165, 1.54) is 5.56 Å². The van der Waals surface area contributed by atoms with Gasteiger partial charge in [-0.1, -0.05) is 30.3 Å². The van der Waals surface area contributed by atoms with E-state index in [0.717, 1.165) is 38.3 Å². The first-order valence-corrected chi connectivity index (χ1v) is 9.88. The van der Waals surface area contributed by atoms with Crippen LogP contribution in [0.2, 0.25) is 0 Å². The van der Waals surface area contributed by atoms with Crippen LogP contribution in [0.5, 0.6) is 0 Å². The predicted octanol–water partition coefficient (Wildman–Crippen LogP) is 2.18. The van der Waals surface area contributed by atoms with E-state index in [1.807, 2.05) is 38.7 Å². The molecule has 1 amide bonds. The van der Waals surface area contributed by atoms with E-state index in [0.29, 0.717) is 18.8 Å². The molecule has 0 bridgehead atoms. The fraction of sp³-hybridized carbons (Fsp3) is 0.381. The quantitative estimate of drug-likeness (QED) is 0.700. The number of carbonyl (C=O) groups excluding carboxylic acids is 1. The minimum Gasteiger partial charge on any atom is -0.333 e. The first-order chi connectivity index (χ1) is 13.8. The molecule has 4 heterocycles. The zero-order valence-corrected chi connectivity index (χ0v) is 15.8. The molecule has 0 unspecified atom stereocenters. The molecule has 0 aliphatic carbocycles. The second-order valence-corrected chi connectivity index (χ2v) is 7.64. The first-order valence-electron chi connectivity index (χ1n) is 9.88. The number of amides is 1. The van der Waals surface area contributed by atoms with Crippen LogP contribution >= 0.6 is 0 Å². The summed E-state index contributed by atoms with van der Waals surface area (Å²) >= 11 is 0. The molecule has 1 aromatic carbocycles. The van der Waals surface area contributed by atoms with Crippen molar-refractivity contribution in [1.82, 2.24) is 29.4 Å². The van der Waals surface area contributed by atoms with Crippen molar-refractivity contribution < 1.29 is 4.79 Å². The Bertz CT molecular complexity index is 943. The number of benzene rings is 1. The van der Waals surface area contributed by atoms with Gasteiger partial charge in [-0.15, -0.1) is 0 Å². The Labute approximate surface area is 164 Å². The molecule has 0 spiro atoms. The van der Waals surface area contributed by atoms with Gasteiger partial charge in [0.15, 0.2) is 5.69 Å². The summed E-state index contributed by atoms with van der Waals surface area (Å²) in [6, 6.07) is 14.7. The van der Waals surface area contributed by atoms with Crippen molar-refractivity contribution in [2.75, 3.05) is 19.6 Å². The average molecular weight is 376 g/mol. The van der Waals surface area contributed by atoms with Crippen LogP contribution < -0.4 is 0 Å². The largest absolute Gasteiger partial charge is 0.333 e. The summed E-state index contributed by atoms with van der Waals surface area (Å²) in [4.78, 5) is 17.1. The van der Waals surface area contributed by atoms with E-state index in [9.17, 15) is 4.79 Å². The summed E-state index contributed by atoms with van der Waals surface area (Å²) < 4.78 is 3.94. The lowest BCUT2D eigenvalue weighted by Gasteiger charge is -2.38. The third kappa shape index (κ3) is 3.33. The fourth-order valence-corrected chi connectivity index (χ4v) is 4.06. The summed E-state index contributed by atoms with van der Waals surface area (Å²) in [6.45, 7) is 5.05. The molecule has 0 saturated carbocycles. The molecule has 0 atom stereocenters. The van der Waals surface area contributed by atoms with Crippen molar-refractivity contribution >= 4 is 5.91 Å². The number of nitrogens with zero attached hydrogens (tertiary/aromatic N) is 6. The zero-order chi connectivity index (χ0) is 18.9. The summed E-state index contributed by atoms with van der Waals surface area (Å²) in [6.07, 6.45) is 4.77. The van der Waals surface area contributed by atoms with Gasteiger partial charge in [-0.05, 0) is 24.1 Å². The molecule has 5 rings (SSSR count). The van der Waals surface area contributed by atoms with Crippen LogP contribution in [0.4, 0.5) is 0 Å². The van der Waals surface area contributed by atoms with Gasteiger partial charge in [-0.25, -0.2) is 0 Å². The smallest absolute Gasteiger partial charge is 0.274 e. The number of aryl methyl sites for hydroxylation is 1. The molecule has 0 radical (unpaired) electrons. The Hall–Kier alpha value is -2.93. The van der Waals surface area contributed by atoms with E-state index < -0.39 is 0 Å². The van der Waals surface area contributed by atoms with Crippen LogP contribution in [0.15, 0.2) is 54.9 Å². The molecule has 1 saturated heterocycles. The molecule has 3 aromatic rings. The lowest BCUT2D eigenvalue weighted by atomic mass is 10.1. The number of hydrogen-bond acceptors (Lipinski definition) is 4. The highest BCUT2D eigenvalue weighted by Crippen LogP contribution is 2.23. The number of likely N-dealkylation sites (tertiary alicyclic amines) is 1. The maximum atomic E-state index is 12.8. The van der Waals surface area contributed by atoms with Gasteiger partial charge in [0.05, 0.1) is 11.7 Å². The highest BCUT2D eigenvalue weighted by Gasteiger charge is 2.34. The van der Waals surface area contributed by atoms with E-state index in [2.05, 4.69) is 39.4 Å². The van der Waals surface area contributed by atoms with Gasteiger partial charge < -0.3 is 4.90 Å². The second-order valence-electron chi connectivity index (χ2n) is 7.64. The van der Waals surface area contributed by atoms with Gasteiger partial charge in [-0.2, -0.15) is 10.2 Å². The van der Waals surface area contributed by atoms with E-state index in [4.69, 9.17) is 0 Å². The monoisotopic (exact) mass is 376 g/mol. The molecule has 1 fully saturated rings. The van der Waals surface area contributed by atoms with E-state index in [1.54, 1.807) is 6.20 Å². The topological polar surface area (TPSA) is 59.2 Å². The Morgan fingerprint density at radius 2 is 1.96 bits per heavy atom. The molecule has 2 aromatic heterocycles. The minimum absolute atomic E-state index is 0.0265. The Kier molecular flexibility index (Phi) is 4.44. The number of carbonyl (C=O) groups is 1. The van der Waals surface area contributed by atoms with Gasteiger partial charge in [0.2, 0.25) is 0 Å². The van der Waals surface area contributed by atoms with Gasteiger partial charge in [0.25, 0.3) is 5.91 Å². The third-order valence-electron chi connectivity index (χ3n) is 5.61. The maximum Gasteiger partial charge on any atom is 0.274 e. The third-order valence-corrected chi connectivity index (χ3v) is 5.61. The number of fused-ring (bicyclic) bond motifs is 1. The molecule has 7 nitrogen and oxygen atoms in total. The lowest BCUT2D eigenvalue weighted by Crippen LogP contribution is -2.51. The Morgan fingerprint density at radius 1 is 1.11 bits per heavy atom. The summed E-state index contributed by atoms with van der Waals surface area (Å²) in [5.41, 5.74) is 3.01. The molecule has 2 aliphatic heterocycles. The fourth-order valence-electron chi connectivity index (χ4n) is 4.06. The van der Waals surface area contributed by atoms with Crippen LogP contribution in [0.1, 0.15) is 34.2 Å². The van der Waals surface area contributed by atoms with Crippen LogP contribution in [0.25, 0.3) is 0 Å². The highest BCUT2D eigenvalue weighted by molar-refractivity contribution is 5.93. The van der Waals surface area contributed by atoms with Crippen LogP contribution in [0.3, 0.4) is 0 Å². The molecule has 0 N–H and O–H groups in total. The summed E-state index contributed by atoms with van der Waals surface area (Å²) in [5.74, 6) is 0.0265. The Balaban J connectivity index is 1.25. The van der Waals surface area contributed by atoms with Gasteiger partial charge in [0.1, 0.15) is 0 Å². The standard InChI is InChI=1S/C21H24N6O/c28-21(25-15-19(16-25)26-10-4-8-22-26)20-12-18-14-24(9-5-11-27(18)23-20)13-17-6-2-1-3-7-17/h1-4,6-8,10,12,19H,5,9,11,13-16H2.